The molecule has 8 rings (SSSR count). The summed E-state index contributed by atoms with van der Waals surface area (Å²) in [6, 6.07) is 30.2. The van der Waals surface area contributed by atoms with Gasteiger partial charge in [-0.3, -0.25) is 0 Å². The average molecular weight is 887 g/mol. The number of hydrogen-bond donors (Lipinski definition) is 0. The molecule has 1 unspecified atom stereocenters. The number of fused-ring (bicyclic) bond motifs is 5. The van der Waals surface area contributed by atoms with Crippen LogP contribution in [0.4, 0.5) is 0 Å². The average Bonchev–Trinajstić information content (AvgIpc) is 3.86. The fraction of sp³-hybridized carbons (Fsp3) is 0.400. The third-order valence-corrected chi connectivity index (χ3v) is 21.9. The van der Waals surface area contributed by atoms with Gasteiger partial charge in [-0.1, -0.05) is 0 Å². The summed E-state index contributed by atoms with van der Waals surface area (Å²) in [5.41, 5.74) is 19.2. The van der Waals surface area contributed by atoms with Gasteiger partial charge in [-0.2, -0.15) is 0 Å². The zero-order chi connectivity index (χ0) is 40.3. The number of hydrogen-bond acceptors (Lipinski definition) is 0. The van der Waals surface area contributed by atoms with E-state index in [0.717, 1.165) is 6.42 Å². The summed E-state index contributed by atoms with van der Waals surface area (Å²) >= 11 is -3.07. The fourth-order valence-corrected chi connectivity index (χ4v) is 19.5. The van der Waals surface area contributed by atoms with Crippen LogP contribution in [-0.4, -0.2) is 3.21 Å². The van der Waals surface area contributed by atoms with Gasteiger partial charge in [0, 0.05) is 0 Å². The van der Waals surface area contributed by atoms with E-state index in [1.165, 1.54) is 61.2 Å². The summed E-state index contributed by atoms with van der Waals surface area (Å²) in [6.45, 7) is 33.3. The van der Waals surface area contributed by atoms with Gasteiger partial charge in [0.2, 0.25) is 0 Å². The van der Waals surface area contributed by atoms with Crippen molar-refractivity contribution in [1.82, 2.24) is 0 Å². The third-order valence-electron chi connectivity index (χ3n) is 13.4. The summed E-state index contributed by atoms with van der Waals surface area (Å²) in [7, 11) is 0. The van der Waals surface area contributed by atoms with Crippen LogP contribution in [0.15, 0.2) is 106 Å². The normalized spacial score (nSPS) is 18.3. The van der Waals surface area contributed by atoms with E-state index in [1.807, 2.05) is 0 Å². The topological polar surface area (TPSA) is 0 Å². The second-order valence-electron chi connectivity index (χ2n) is 21.5. The molecule has 0 bridgehead atoms. The molecule has 1 atom stereocenters. The predicted octanol–water partition coefficient (Wildman–Crippen LogP) is 8.75. The molecule has 58 heavy (non-hydrogen) atoms. The summed E-state index contributed by atoms with van der Waals surface area (Å²) in [5, 5.41) is 0. The molecule has 4 aliphatic carbocycles. The van der Waals surface area contributed by atoms with Crippen molar-refractivity contribution in [2.45, 2.75) is 129 Å². The van der Waals surface area contributed by atoms with E-state index in [-0.39, 0.29) is 51.9 Å². The molecule has 0 saturated heterocycles. The molecule has 0 N–H and O–H groups in total. The van der Waals surface area contributed by atoms with Crippen molar-refractivity contribution in [1.29, 1.82) is 0 Å². The standard InChI is InChI=1S/C23H21.C21H26.C11H17.2ClH.Zr/c1-22(2)7-5-14-10-18-16(12-20(14)22)9-17-13-21-15(11-19(17)18)6-8-23(21,3)4;1-20(2,3)18-11-7-16(8-12-18)15-17-9-13-19(14-10-17)21(4,5)6;1-5-9-6-7-10(8-9)11(2,3)4;;;/h5-13H,1-4H3;7-14H,1-6H3;7-9H,5H2,1-4H3;2*1H;/q;;;;;+2/p-2. The molecule has 4 aliphatic rings. The van der Waals surface area contributed by atoms with Gasteiger partial charge in [0.1, 0.15) is 0 Å². The molecule has 0 aliphatic heterocycles. The molecular formula is C55H64Cl2Zr. The van der Waals surface area contributed by atoms with E-state index in [2.05, 4.69) is 206 Å². The first-order chi connectivity index (χ1) is 26.1. The van der Waals surface area contributed by atoms with Crippen LogP contribution in [0.1, 0.15) is 163 Å². The Bertz CT molecular complexity index is 2280. The molecule has 0 radical (unpaired) electrons. The first-order valence-corrected chi connectivity index (χ1v) is 25.1. The van der Waals surface area contributed by atoms with Crippen molar-refractivity contribution in [2.24, 2.45) is 11.3 Å². The van der Waals surface area contributed by atoms with Crippen LogP contribution in [0.25, 0.3) is 23.3 Å². The number of halogens is 2. The summed E-state index contributed by atoms with van der Waals surface area (Å²) in [4.78, 5) is 0. The van der Waals surface area contributed by atoms with E-state index in [0.29, 0.717) is 9.54 Å². The van der Waals surface area contributed by atoms with E-state index in [1.54, 1.807) is 17.6 Å². The molecule has 0 aromatic heterocycles. The Balaban J connectivity index is 0.00000283. The quantitative estimate of drug-likeness (QED) is 0.188. The van der Waals surface area contributed by atoms with Crippen molar-refractivity contribution in [3.05, 3.63) is 162 Å². The summed E-state index contributed by atoms with van der Waals surface area (Å²) < 4.78 is 3.74. The Kier molecular flexibility index (Phi) is 11.8. The van der Waals surface area contributed by atoms with E-state index < -0.39 is 21.3 Å². The molecule has 0 fully saturated rings. The van der Waals surface area contributed by atoms with Crippen LogP contribution >= 0.6 is 0 Å². The Morgan fingerprint density at radius 1 is 0.586 bits per heavy atom. The van der Waals surface area contributed by atoms with Gasteiger partial charge in [-0.15, -0.1) is 0 Å². The maximum atomic E-state index is 2.73. The van der Waals surface area contributed by atoms with Crippen LogP contribution in [0.2, 0.25) is 0 Å². The molecule has 0 amide bonds. The van der Waals surface area contributed by atoms with Gasteiger partial charge in [-0.25, -0.2) is 0 Å². The minimum absolute atomic E-state index is 0. The second-order valence-corrected chi connectivity index (χ2v) is 27.6. The molecule has 0 nitrogen and oxygen atoms in total. The molecule has 4 aromatic carbocycles. The zero-order valence-electron chi connectivity index (χ0n) is 37.5. The minimum atomic E-state index is -3.07. The maximum absolute atomic E-state index is 3.07. The number of allylic oxidation sites excluding steroid dienone is 6. The van der Waals surface area contributed by atoms with Crippen molar-refractivity contribution in [3.63, 3.8) is 0 Å². The second kappa shape index (κ2) is 15.3. The third kappa shape index (κ3) is 7.69. The molecule has 0 heterocycles. The monoisotopic (exact) mass is 884 g/mol. The van der Waals surface area contributed by atoms with Gasteiger partial charge < -0.3 is 24.8 Å². The molecular weight excluding hydrogens is 823 g/mol. The van der Waals surface area contributed by atoms with Gasteiger partial charge in [0.05, 0.1) is 0 Å². The first-order valence-electron chi connectivity index (χ1n) is 21.2. The zero-order valence-corrected chi connectivity index (χ0v) is 41.5. The minimum Gasteiger partial charge on any atom is -1.00 e. The first kappa shape index (κ1) is 44.7. The van der Waals surface area contributed by atoms with Crippen LogP contribution in [0, 0.1) is 11.3 Å². The van der Waals surface area contributed by atoms with Gasteiger partial charge in [0.15, 0.2) is 0 Å². The number of benzene rings is 4. The van der Waals surface area contributed by atoms with Gasteiger partial charge in [0.25, 0.3) is 0 Å². The van der Waals surface area contributed by atoms with Gasteiger partial charge in [-0.05, 0) is 0 Å². The summed E-state index contributed by atoms with van der Waals surface area (Å²) in [5.74, 6) is 0.448. The SMILES string of the molecule is CCC1C=C(C(C)(C)C)C=[C]1[Zr+2](=[C](c1ccc(C(C)(C)C)cc1)c1ccc(C(C)(C)C)cc1)[CH]1c2cc3c(cc2-c2cc4c(cc21)C(C)(C)C=C4)C=CC3(C)C.[Cl-].[Cl-]. The van der Waals surface area contributed by atoms with Crippen molar-refractivity contribution in [2.75, 3.05) is 0 Å². The predicted molar refractivity (Wildman–Crippen MR) is 241 cm³/mol. The van der Waals surface area contributed by atoms with E-state index in [9.17, 15) is 0 Å². The van der Waals surface area contributed by atoms with Crippen molar-refractivity contribution in [3.8, 4) is 11.1 Å². The molecule has 0 spiro atoms. The Labute approximate surface area is 371 Å². The summed E-state index contributed by atoms with van der Waals surface area (Å²) in [6.07, 6.45) is 16.1. The molecule has 0 saturated carbocycles. The molecule has 3 heteroatoms. The Morgan fingerprint density at radius 2 is 1.00 bits per heavy atom. The van der Waals surface area contributed by atoms with Crippen LogP contribution in [0.5, 0.6) is 0 Å². The van der Waals surface area contributed by atoms with Crippen LogP contribution in [-0.2, 0) is 42.9 Å². The van der Waals surface area contributed by atoms with E-state index in [4.69, 9.17) is 0 Å². The Hall–Kier alpha value is -2.83. The molecule has 302 valence electrons. The van der Waals surface area contributed by atoms with Crippen LogP contribution < -0.4 is 24.8 Å². The molecule has 4 aromatic rings. The maximum Gasteiger partial charge on any atom is -1.00 e. The van der Waals surface area contributed by atoms with Crippen molar-refractivity contribution >= 4 is 15.4 Å². The largest absolute Gasteiger partial charge is 1.00 e. The van der Waals surface area contributed by atoms with Crippen molar-refractivity contribution < 1.29 is 46.1 Å². The number of rotatable bonds is 5. The van der Waals surface area contributed by atoms with Gasteiger partial charge >= 0.3 is 349 Å². The fourth-order valence-electron chi connectivity index (χ4n) is 9.77. The Morgan fingerprint density at radius 3 is 1.36 bits per heavy atom. The van der Waals surface area contributed by atoms with Crippen LogP contribution in [0.3, 0.4) is 0 Å². The smallest absolute Gasteiger partial charge is 1.00 e. The van der Waals surface area contributed by atoms with E-state index >= 15 is 0 Å².